The number of fused-ring (bicyclic) bond motifs is 8. The lowest BCUT2D eigenvalue weighted by atomic mass is 10.1. The fourth-order valence-electron chi connectivity index (χ4n) is 4.05. The largest absolute Gasteiger partial charge is 0.399 e. The molecule has 4 aromatic rings. The summed E-state index contributed by atoms with van der Waals surface area (Å²) < 4.78 is 0. The van der Waals surface area contributed by atoms with Crippen LogP contribution in [0.4, 0.5) is 11.4 Å². The Balaban J connectivity index is 1.70. The second kappa shape index (κ2) is 6.99. The molecule has 0 unspecified atom stereocenters. The monoisotopic (exact) mass is 416 g/mol. The van der Waals surface area contributed by atoms with E-state index in [0.29, 0.717) is 5.69 Å². The first-order valence-electron chi connectivity index (χ1n) is 10.3. The molecular weight excluding hydrogens is 396 g/mol. The van der Waals surface area contributed by atoms with E-state index in [1.807, 2.05) is 72.8 Å². The molecule has 0 amide bonds. The normalized spacial score (nSPS) is 12.4. The number of nitrogen functional groups attached to an aromatic ring is 2. The van der Waals surface area contributed by atoms with Crippen molar-refractivity contribution in [2.75, 3.05) is 11.5 Å². The van der Waals surface area contributed by atoms with Gasteiger partial charge in [0.05, 0.1) is 34.0 Å². The molecule has 6 rings (SSSR count). The summed E-state index contributed by atoms with van der Waals surface area (Å²) in [6, 6.07) is 20.0. The summed E-state index contributed by atoms with van der Waals surface area (Å²) in [4.78, 5) is 16.3. The molecule has 0 atom stereocenters. The first-order chi connectivity index (χ1) is 15.6. The molecule has 2 aliphatic rings. The minimum Gasteiger partial charge on any atom is -0.399 e. The molecule has 154 valence electrons. The van der Waals surface area contributed by atoms with Crippen LogP contribution in [-0.2, 0) is 0 Å². The average molecular weight is 416 g/mol. The summed E-state index contributed by atoms with van der Waals surface area (Å²) in [5, 5.41) is 0. The van der Waals surface area contributed by atoms with Crippen molar-refractivity contribution in [2.45, 2.75) is 0 Å². The van der Waals surface area contributed by atoms with Gasteiger partial charge in [0, 0.05) is 27.8 Å². The Morgan fingerprint density at radius 2 is 1.38 bits per heavy atom. The van der Waals surface area contributed by atoms with Gasteiger partial charge < -0.3 is 21.4 Å². The molecule has 0 spiro atoms. The molecular formula is C26H20N6. The van der Waals surface area contributed by atoms with E-state index in [2.05, 4.69) is 22.1 Å². The van der Waals surface area contributed by atoms with Crippen molar-refractivity contribution in [3.63, 3.8) is 0 Å². The molecule has 2 aliphatic heterocycles. The number of nitrogens with zero attached hydrogens (tertiary/aromatic N) is 2. The number of benzene rings is 1. The van der Waals surface area contributed by atoms with Crippen molar-refractivity contribution in [3.05, 3.63) is 83.4 Å². The maximum atomic E-state index is 6.41. The molecule has 5 heterocycles. The Morgan fingerprint density at radius 1 is 0.625 bits per heavy atom. The van der Waals surface area contributed by atoms with Gasteiger partial charge in [0.15, 0.2) is 0 Å². The van der Waals surface area contributed by atoms with Gasteiger partial charge in [-0.1, -0.05) is 12.1 Å². The average Bonchev–Trinajstić information content (AvgIpc) is 3.56. The zero-order chi connectivity index (χ0) is 21.7. The van der Waals surface area contributed by atoms with Crippen LogP contribution >= 0.6 is 0 Å². The smallest absolute Gasteiger partial charge is 0.0888 e. The fraction of sp³-hybridized carbons (Fsp3) is 0. The van der Waals surface area contributed by atoms with Crippen molar-refractivity contribution in [1.29, 1.82) is 0 Å². The molecule has 8 bridgehead atoms. The van der Waals surface area contributed by atoms with Crippen LogP contribution in [0.2, 0.25) is 0 Å². The number of nitrogens with two attached hydrogens (primary N) is 2. The lowest BCUT2D eigenvalue weighted by Crippen LogP contribution is -1.89. The highest BCUT2D eigenvalue weighted by Crippen LogP contribution is 2.29. The zero-order valence-electron chi connectivity index (χ0n) is 17.1. The van der Waals surface area contributed by atoms with E-state index in [1.165, 1.54) is 0 Å². The van der Waals surface area contributed by atoms with Crippen LogP contribution in [0.25, 0.3) is 57.5 Å². The van der Waals surface area contributed by atoms with Gasteiger partial charge in [-0.3, -0.25) is 0 Å². The number of aromatic amines is 2. The van der Waals surface area contributed by atoms with Gasteiger partial charge in [0.2, 0.25) is 0 Å². The number of nitrogens with one attached hydrogen (secondary N) is 2. The van der Waals surface area contributed by atoms with Gasteiger partial charge in [-0.05, 0) is 78.4 Å². The van der Waals surface area contributed by atoms with Crippen molar-refractivity contribution in [1.82, 2.24) is 19.9 Å². The maximum absolute atomic E-state index is 6.41. The van der Waals surface area contributed by atoms with E-state index < -0.39 is 0 Å². The van der Waals surface area contributed by atoms with Crippen molar-refractivity contribution >= 4 is 57.7 Å². The highest BCUT2D eigenvalue weighted by Gasteiger charge is 2.09. The van der Waals surface area contributed by atoms with E-state index in [9.17, 15) is 0 Å². The first-order valence-corrected chi connectivity index (χ1v) is 10.3. The van der Waals surface area contributed by atoms with Gasteiger partial charge in [-0.15, -0.1) is 0 Å². The Hall–Kier alpha value is -4.58. The lowest BCUT2D eigenvalue weighted by Gasteiger charge is -2.00. The van der Waals surface area contributed by atoms with Crippen LogP contribution in [0.1, 0.15) is 22.8 Å². The number of anilines is 2. The van der Waals surface area contributed by atoms with E-state index in [-0.39, 0.29) is 0 Å². The molecule has 6 nitrogen and oxygen atoms in total. The van der Waals surface area contributed by atoms with Crippen LogP contribution in [0.5, 0.6) is 0 Å². The minimum absolute atomic E-state index is 0.601. The molecule has 32 heavy (non-hydrogen) atoms. The quantitative estimate of drug-likeness (QED) is 0.266. The van der Waals surface area contributed by atoms with Gasteiger partial charge >= 0.3 is 0 Å². The third-order valence-corrected chi connectivity index (χ3v) is 5.58. The van der Waals surface area contributed by atoms with Crippen LogP contribution < -0.4 is 11.5 Å². The number of hydrogen-bond donors (Lipinski definition) is 4. The molecule has 0 radical (unpaired) electrons. The van der Waals surface area contributed by atoms with Crippen molar-refractivity contribution < 1.29 is 0 Å². The topological polar surface area (TPSA) is 109 Å². The van der Waals surface area contributed by atoms with Gasteiger partial charge in [-0.25, -0.2) is 9.97 Å². The number of hydrogen-bond acceptors (Lipinski definition) is 4. The third-order valence-electron chi connectivity index (χ3n) is 5.58. The predicted octanol–water partition coefficient (Wildman–Crippen LogP) is 5.49. The minimum atomic E-state index is 0.601. The summed E-state index contributed by atoms with van der Waals surface area (Å²) in [5.74, 6) is 0. The number of rotatable bonds is 1. The van der Waals surface area contributed by atoms with Gasteiger partial charge in [-0.2, -0.15) is 0 Å². The molecule has 6 N–H and O–H groups in total. The van der Waals surface area contributed by atoms with Crippen molar-refractivity contribution in [3.8, 4) is 11.1 Å². The van der Waals surface area contributed by atoms with Crippen LogP contribution in [0, 0.1) is 0 Å². The predicted molar refractivity (Wildman–Crippen MR) is 133 cm³/mol. The van der Waals surface area contributed by atoms with Crippen LogP contribution in [-0.4, -0.2) is 19.9 Å². The summed E-state index contributed by atoms with van der Waals surface area (Å²) in [6.07, 6.45) is 7.90. The SMILES string of the molecule is Nc1cccc(-c2cc3cc4nc(cc5ccc([nH]5)c(N)c5nc(cc2[nH]3)C=C5)C=C4)c1. The first kappa shape index (κ1) is 18.2. The Kier molecular flexibility index (Phi) is 3.98. The Labute approximate surface area is 184 Å². The summed E-state index contributed by atoms with van der Waals surface area (Å²) in [5.41, 5.74) is 22.8. The molecule has 0 aliphatic carbocycles. The third kappa shape index (κ3) is 3.24. The Morgan fingerprint density at radius 3 is 2.22 bits per heavy atom. The number of aromatic nitrogens is 4. The van der Waals surface area contributed by atoms with Crippen LogP contribution in [0.15, 0.2) is 60.7 Å². The molecule has 1 aromatic carbocycles. The highest BCUT2D eigenvalue weighted by molar-refractivity contribution is 5.90. The lowest BCUT2D eigenvalue weighted by molar-refractivity contribution is 1.31. The molecule has 0 saturated carbocycles. The summed E-state index contributed by atoms with van der Waals surface area (Å²) in [7, 11) is 0. The number of H-pyrrole nitrogens is 2. The second-order valence-corrected chi connectivity index (χ2v) is 7.90. The van der Waals surface area contributed by atoms with Gasteiger partial charge in [0.1, 0.15) is 0 Å². The molecule has 6 heteroatoms. The standard InChI is InChI=1S/C26H20N6/c27-16-3-1-2-15(10-16)22-13-21-12-18-5-4-17(29-18)11-19-6-8-23(30-19)26(28)24-9-7-20(31-24)14-25(22)32-21/h1-14,30,32H,27-28H2. The van der Waals surface area contributed by atoms with E-state index in [4.69, 9.17) is 21.4 Å². The second-order valence-electron chi connectivity index (χ2n) is 7.90. The van der Waals surface area contributed by atoms with E-state index >= 15 is 0 Å². The van der Waals surface area contributed by atoms with E-state index in [0.717, 1.165) is 61.7 Å². The summed E-state index contributed by atoms with van der Waals surface area (Å²) in [6.45, 7) is 0. The Bertz CT molecular complexity index is 1600. The fourth-order valence-corrected chi connectivity index (χ4v) is 4.05. The maximum Gasteiger partial charge on any atom is 0.0888 e. The van der Waals surface area contributed by atoms with Crippen LogP contribution in [0.3, 0.4) is 0 Å². The molecule has 3 aromatic heterocycles. The van der Waals surface area contributed by atoms with E-state index in [1.54, 1.807) is 0 Å². The molecule has 0 saturated heterocycles. The zero-order valence-corrected chi connectivity index (χ0v) is 17.1. The summed E-state index contributed by atoms with van der Waals surface area (Å²) >= 11 is 0. The highest BCUT2D eigenvalue weighted by atomic mass is 14.8. The van der Waals surface area contributed by atoms with Crippen molar-refractivity contribution in [2.24, 2.45) is 0 Å². The van der Waals surface area contributed by atoms with Gasteiger partial charge in [0.25, 0.3) is 0 Å². The molecule has 0 fully saturated rings.